The predicted molar refractivity (Wildman–Crippen MR) is 73.5 cm³/mol. The van der Waals surface area contributed by atoms with E-state index in [1.54, 1.807) is 0 Å². The Morgan fingerprint density at radius 3 is 1.29 bits per heavy atom. The summed E-state index contributed by atoms with van der Waals surface area (Å²) in [5.41, 5.74) is 0. The SMILES string of the molecule is C[C@H](O)[C@H](O)[C@@H](O)[C@@H](O)C=O.O=C[C@H](O)[C@@H](O)[C@H](O)[C@H](O)C(=O)O. The fourth-order valence-electron chi connectivity index (χ4n) is 1.18. The van der Waals surface area contributed by atoms with Crippen LogP contribution in [-0.2, 0) is 14.4 Å². The van der Waals surface area contributed by atoms with E-state index in [2.05, 4.69) is 0 Å². The third-order valence-corrected chi connectivity index (χ3v) is 2.75. The summed E-state index contributed by atoms with van der Waals surface area (Å²) in [6, 6.07) is 0. The summed E-state index contributed by atoms with van der Waals surface area (Å²) in [7, 11) is 0. The highest BCUT2D eigenvalue weighted by Gasteiger charge is 2.34. The molecule has 12 heteroatoms. The number of carboxylic acids is 1. The number of hydrogen-bond acceptors (Lipinski definition) is 11. The molecule has 142 valence electrons. The van der Waals surface area contributed by atoms with Gasteiger partial charge in [-0.05, 0) is 6.92 Å². The van der Waals surface area contributed by atoms with Gasteiger partial charge in [0, 0.05) is 0 Å². The van der Waals surface area contributed by atoms with Gasteiger partial charge < -0.3 is 55.5 Å². The summed E-state index contributed by atoms with van der Waals surface area (Å²) in [6.07, 6.45) is -14.3. The number of carbonyl (C=O) groups is 3. The van der Waals surface area contributed by atoms with Gasteiger partial charge in [0.25, 0.3) is 0 Å². The number of carboxylic acid groups (broad SMARTS) is 1. The summed E-state index contributed by atoms with van der Waals surface area (Å²) < 4.78 is 0. The van der Waals surface area contributed by atoms with Crippen molar-refractivity contribution in [3.8, 4) is 0 Å². The number of rotatable bonds is 9. The molecule has 0 radical (unpaired) electrons. The monoisotopic (exact) mass is 358 g/mol. The first-order valence-corrected chi connectivity index (χ1v) is 6.50. The van der Waals surface area contributed by atoms with Crippen molar-refractivity contribution in [2.24, 2.45) is 0 Å². The molecule has 0 fully saturated rings. The molecule has 0 rings (SSSR count). The molecule has 9 N–H and O–H groups in total. The van der Waals surface area contributed by atoms with Gasteiger partial charge in [0.15, 0.2) is 18.7 Å². The fourth-order valence-corrected chi connectivity index (χ4v) is 1.18. The van der Waals surface area contributed by atoms with Crippen LogP contribution in [0.15, 0.2) is 0 Å². The molecular weight excluding hydrogens is 336 g/mol. The predicted octanol–water partition coefficient (Wildman–Crippen LogP) is -5.64. The van der Waals surface area contributed by atoms with Gasteiger partial charge in [-0.1, -0.05) is 0 Å². The van der Waals surface area contributed by atoms with E-state index in [9.17, 15) is 14.4 Å². The van der Waals surface area contributed by atoms with Crippen LogP contribution in [0.3, 0.4) is 0 Å². The van der Waals surface area contributed by atoms with Crippen molar-refractivity contribution >= 4 is 18.5 Å². The maximum atomic E-state index is 10.1. The van der Waals surface area contributed by atoms with Crippen molar-refractivity contribution in [2.45, 2.75) is 55.8 Å². The van der Waals surface area contributed by atoms with E-state index in [1.165, 1.54) is 6.92 Å². The Bertz CT molecular complexity index is 386. The third-order valence-electron chi connectivity index (χ3n) is 2.75. The first-order chi connectivity index (χ1) is 10.9. The van der Waals surface area contributed by atoms with Crippen LogP contribution in [0.5, 0.6) is 0 Å². The van der Waals surface area contributed by atoms with Gasteiger partial charge >= 0.3 is 5.97 Å². The molecule has 0 aromatic carbocycles. The lowest BCUT2D eigenvalue weighted by Gasteiger charge is -2.21. The van der Waals surface area contributed by atoms with Crippen LogP contribution in [0.2, 0.25) is 0 Å². The van der Waals surface area contributed by atoms with E-state index in [1.807, 2.05) is 0 Å². The summed E-state index contributed by atoms with van der Waals surface area (Å²) >= 11 is 0. The quantitative estimate of drug-likeness (QED) is 0.175. The zero-order valence-corrected chi connectivity index (χ0v) is 12.5. The zero-order valence-electron chi connectivity index (χ0n) is 12.5. The lowest BCUT2D eigenvalue weighted by molar-refractivity contribution is -0.163. The third kappa shape index (κ3) is 8.37. The number of aliphatic hydroxyl groups excluding tert-OH is 8. The van der Waals surface area contributed by atoms with Crippen LogP contribution in [0.4, 0.5) is 0 Å². The molecule has 0 bridgehead atoms. The van der Waals surface area contributed by atoms with E-state index in [0.29, 0.717) is 0 Å². The average Bonchev–Trinajstić information content (AvgIpc) is 2.56. The fraction of sp³-hybridized carbons (Fsp3) is 0.750. The second-order valence-corrected chi connectivity index (χ2v) is 4.74. The molecule has 0 aromatic heterocycles. The molecule has 0 aliphatic carbocycles. The molecule has 0 aromatic rings. The highest BCUT2D eigenvalue weighted by Crippen LogP contribution is 2.04. The topological polar surface area (TPSA) is 233 Å². The Hall–Kier alpha value is -1.51. The van der Waals surface area contributed by atoms with Gasteiger partial charge in [0.2, 0.25) is 0 Å². The molecule has 0 unspecified atom stereocenters. The van der Waals surface area contributed by atoms with Crippen LogP contribution in [0, 0.1) is 0 Å². The van der Waals surface area contributed by atoms with Gasteiger partial charge in [0.05, 0.1) is 6.10 Å². The second-order valence-electron chi connectivity index (χ2n) is 4.74. The summed E-state index contributed by atoms with van der Waals surface area (Å²) in [6.45, 7) is 1.24. The molecule has 24 heavy (non-hydrogen) atoms. The van der Waals surface area contributed by atoms with Crippen molar-refractivity contribution in [3.05, 3.63) is 0 Å². The van der Waals surface area contributed by atoms with Gasteiger partial charge in [-0.25, -0.2) is 4.79 Å². The summed E-state index contributed by atoms with van der Waals surface area (Å²) in [4.78, 5) is 29.8. The van der Waals surface area contributed by atoms with Crippen LogP contribution >= 0.6 is 0 Å². The van der Waals surface area contributed by atoms with Gasteiger partial charge in [-0.2, -0.15) is 0 Å². The van der Waals surface area contributed by atoms with Crippen LogP contribution in [-0.4, -0.2) is 113 Å². The number of aldehydes is 2. The lowest BCUT2D eigenvalue weighted by atomic mass is 10.0. The molecule has 0 saturated heterocycles. The number of hydrogen-bond donors (Lipinski definition) is 9. The van der Waals surface area contributed by atoms with Crippen molar-refractivity contribution < 1.29 is 60.3 Å². The minimum Gasteiger partial charge on any atom is -0.479 e. The molecule has 0 heterocycles. The maximum absolute atomic E-state index is 10.1. The maximum Gasteiger partial charge on any atom is 0.335 e. The van der Waals surface area contributed by atoms with Gasteiger partial charge in [-0.3, -0.25) is 0 Å². The number of carbonyl (C=O) groups excluding carboxylic acids is 2. The number of aliphatic carboxylic acids is 1. The highest BCUT2D eigenvalue weighted by atomic mass is 16.4. The minimum absolute atomic E-state index is 0.0809. The van der Waals surface area contributed by atoms with E-state index in [4.69, 9.17) is 46.0 Å². The van der Waals surface area contributed by atoms with E-state index in [-0.39, 0.29) is 12.6 Å². The van der Waals surface area contributed by atoms with Crippen molar-refractivity contribution in [1.82, 2.24) is 0 Å². The molecule has 12 nitrogen and oxygen atoms in total. The Kier molecular flexibility index (Phi) is 12.3. The zero-order chi connectivity index (χ0) is 19.6. The average molecular weight is 358 g/mol. The summed E-state index contributed by atoms with van der Waals surface area (Å²) in [5.74, 6) is -1.76. The van der Waals surface area contributed by atoms with Crippen LogP contribution in [0.1, 0.15) is 6.92 Å². The summed E-state index contributed by atoms with van der Waals surface area (Å²) in [5, 5.41) is 78.3. The molecule has 8 atom stereocenters. The van der Waals surface area contributed by atoms with E-state index < -0.39 is 54.8 Å². The Balaban J connectivity index is 0. The lowest BCUT2D eigenvalue weighted by Crippen LogP contribution is -2.48. The Labute approximate surface area is 135 Å². The first-order valence-electron chi connectivity index (χ1n) is 6.50. The molecule has 0 amide bonds. The molecule has 0 aliphatic heterocycles. The van der Waals surface area contributed by atoms with Crippen LogP contribution in [0.25, 0.3) is 0 Å². The number of aliphatic hydroxyl groups is 8. The van der Waals surface area contributed by atoms with Crippen LogP contribution < -0.4 is 0 Å². The minimum atomic E-state index is -2.25. The van der Waals surface area contributed by atoms with Crippen molar-refractivity contribution in [1.29, 1.82) is 0 Å². The molecule has 0 aliphatic rings. The smallest absolute Gasteiger partial charge is 0.335 e. The first kappa shape index (κ1) is 24.7. The normalized spacial score (nSPS) is 20.9. The second kappa shape index (κ2) is 11.9. The van der Waals surface area contributed by atoms with Gasteiger partial charge in [0.1, 0.15) is 36.6 Å². The molecule has 0 spiro atoms. The van der Waals surface area contributed by atoms with E-state index in [0.717, 1.165) is 0 Å². The standard InChI is InChI=1S/C6H10O7.C6H12O5/c7-1-2(8)3(9)4(10)5(11)6(12)13;1-3(8)5(10)6(11)4(9)2-7/h1-5,8-11H,(H,12,13);2-6,8-11H,1H3/t2-,3+,4-,5-;3-,4-,5-,6-/m00/s1. The van der Waals surface area contributed by atoms with Crippen molar-refractivity contribution in [3.63, 3.8) is 0 Å². The molecular formula is C12H22O12. The largest absolute Gasteiger partial charge is 0.479 e. The van der Waals surface area contributed by atoms with E-state index >= 15 is 0 Å². The Morgan fingerprint density at radius 2 is 1.04 bits per heavy atom. The highest BCUT2D eigenvalue weighted by molar-refractivity contribution is 5.73. The van der Waals surface area contributed by atoms with Gasteiger partial charge in [-0.15, -0.1) is 0 Å². The Morgan fingerprint density at radius 1 is 0.708 bits per heavy atom. The molecule has 0 saturated carbocycles. The van der Waals surface area contributed by atoms with Crippen molar-refractivity contribution in [2.75, 3.05) is 0 Å².